The van der Waals surface area contributed by atoms with E-state index >= 15 is 0 Å². The summed E-state index contributed by atoms with van der Waals surface area (Å²) in [5.41, 5.74) is 0. The Labute approximate surface area is 170 Å². The maximum atomic E-state index is 12.1. The number of amides is 1. The van der Waals surface area contributed by atoms with Gasteiger partial charge in [0, 0.05) is 26.2 Å². The molecule has 6 nitrogen and oxygen atoms in total. The highest BCUT2D eigenvalue weighted by atomic mass is 127. The summed E-state index contributed by atoms with van der Waals surface area (Å²) in [6.45, 7) is 11.8. The Morgan fingerprint density at radius 1 is 1.08 bits per heavy atom. The molecule has 2 N–H and O–H groups in total. The SMILES string of the molecule is CCCN1CCC(CNC(=NCC(=O)N2CCCC2)NCC)CC1.I. The molecule has 2 rings (SSSR count). The van der Waals surface area contributed by atoms with E-state index < -0.39 is 0 Å². The summed E-state index contributed by atoms with van der Waals surface area (Å²) in [6.07, 6.45) is 6.00. The molecule has 2 fully saturated rings. The Morgan fingerprint density at radius 3 is 2.36 bits per heavy atom. The minimum atomic E-state index is 0. The van der Waals surface area contributed by atoms with Crippen molar-refractivity contribution in [2.45, 2.75) is 46.0 Å². The predicted octanol–water partition coefficient (Wildman–Crippen LogP) is 1.90. The maximum absolute atomic E-state index is 12.1. The fraction of sp³-hybridized carbons (Fsp3) is 0.889. The third-order valence-corrected chi connectivity index (χ3v) is 4.98. The van der Waals surface area contributed by atoms with Crippen LogP contribution in [-0.2, 0) is 4.79 Å². The van der Waals surface area contributed by atoms with Crippen molar-refractivity contribution in [3.8, 4) is 0 Å². The van der Waals surface area contributed by atoms with Crippen molar-refractivity contribution >= 4 is 35.8 Å². The molecule has 146 valence electrons. The quantitative estimate of drug-likeness (QED) is 0.343. The second kappa shape index (κ2) is 12.7. The van der Waals surface area contributed by atoms with Crippen LogP contribution in [0.15, 0.2) is 4.99 Å². The molecule has 0 spiro atoms. The first-order chi connectivity index (χ1) is 11.7. The van der Waals surface area contributed by atoms with Crippen LogP contribution in [0.5, 0.6) is 0 Å². The van der Waals surface area contributed by atoms with E-state index in [4.69, 9.17) is 0 Å². The lowest BCUT2D eigenvalue weighted by atomic mass is 9.97. The molecule has 2 aliphatic heterocycles. The standard InChI is InChI=1S/C18H35N5O.HI/c1-3-9-22-12-7-16(8-13-22)14-20-18(19-4-2)21-15-17(24)23-10-5-6-11-23;/h16H,3-15H2,1-2H3,(H2,19,20,21);1H. The van der Waals surface area contributed by atoms with Gasteiger partial charge >= 0.3 is 0 Å². The number of likely N-dealkylation sites (tertiary alicyclic amines) is 2. The van der Waals surface area contributed by atoms with E-state index in [0.717, 1.165) is 45.0 Å². The highest BCUT2D eigenvalue weighted by Gasteiger charge is 2.19. The van der Waals surface area contributed by atoms with Crippen LogP contribution in [0.3, 0.4) is 0 Å². The predicted molar refractivity (Wildman–Crippen MR) is 115 cm³/mol. The van der Waals surface area contributed by atoms with Crippen molar-refractivity contribution in [3.63, 3.8) is 0 Å². The average molecular weight is 465 g/mol. The molecule has 0 radical (unpaired) electrons. The van der Waals surface area contributed by atoms with E-state index in [2.05, 4.69) is 34.4 Å². The Balaban J connectivity index is 0.00000312. The molecule has 25 heavy (non-hydrogen) atoms. The highest BCUT2D eigenvalue weighted by Crippen LogP contribution is 2.16. The van der Waals surface area contributed by atoms with Gasteiger partial charge in [-0.05, 0) is 64.6 Å². The van der Waals surface area contributed by atoms with Gasteiger partial charge in [-0.25, -0.2) is 4.99 Å². The van der Waals surface area contributed by atoms with Gasteiger partial charge in [-0.15, -0.1) is 24.0 Å². The highest BCUT2D eigenvalue weighted by molar-refractivity contribution is 14.0. The molecular weight excluding hydrogens is 429 g/mol. The van der Waals surface area contributed by atoms with Crippen molar-refractivity contribution in [1.29, 1.82) is 0 Å². The van der Waals surface area contributed by atoms with Crippen LogP contribution in [0.1, 0.15) is 46.0 Å². The molecule has 0 aromatic carbocycles. The number of hydrogen-bond acceptors (Lipinski definition) is 3. The monoisotopic (exact) mass is 465 g/mol. The summed E-state index contributed by atoms with van der Waals surface area (Å²) in [5.74, 6) is 1.63. The van der Waals surface area contributed by atoms with Gasteiger partial charge in [0.25, 0.3) is 0 Å². The van der Waals surface area contributed by atoms with Gasteiger partial charge in [0.1, 0.15) is 6.54 Å². The lowest BCUT2D eigenvalue weighted by Crippen LogP contribution is -2.43. The molecule has 7 heteroatoms. The average Bonchev–Trinajstić information content (AvgIpc) is 3.13. The third kappa shape index (κ3) is 8.11. The smallest absolute Gasteiger partial charge is 0.244 e. The number of aliphatic imine (C=N–C) groups is 1. The molecule has 2 saturated heterocycles. The first kappa shape index (κ1) is 22.5. The van der Waals surface area contributed by atoms with E-state index in [-0.39, 0.29) is 36.4 Å². The lowest BCUT2D eigenvalue weighted by molar-refractivity contribution is -0.128. The van der Waals surface area contributed by atoms with Gasteiger partial charge in [0.2, 0.25) is 5.91 Å². The van der Waals surface area contributed by atoms with E-state index in [9.17, 15) is 4.79 Å². The molecule has 0 aromatic rings. The summed E-state index contributed by atoms with van der Waals surface area (Å²) >= 11 is 0. The Morgan fingerprint density at radius 2 is 1.76 bits per heavy atom. The van der Waals surface area contributed by atoms with E-state index in [1.54, 1.807) is 0 Å². The van der Waals surface area contributed by atoms with Crippen LogP contribution in [0.25, 0.3) is 0 Å². The van der Waals surface area contributed by atoms with E-state index in [0.29, 0.717) is 5.92 Å². The molecule has 0 atom stereocenters. The van der Waals surface area contributed by atoms with Gasteiger partial charge in [-0.1, -0.05) is 6.92 Å². The molecule has 0 aliphatic carbocycles. The van der Waals surface area contributed by atoms with Crippen molar-refractivity contribution in [2.75, 3.05) is 52.4 Å². The summed E-state index contributed by atoms with van der Waals surface area (Å²) in [5, 5.41) is 6.69. The number of carbonyl (C=O) groups excluding carboxylic acids is 1. The molecule has 2 heterocycles. The summed E-state index contributed by atoms with van der Waals surface area (Å²) in [7, 11) is 0. The number of hydrogen-bond donors (Lipinski definition) is 2. The molecular formula is C18H36IN5O. The fourth-order valence-electron chi connectivity index (χ4n) is 3.53. The van der Waals surface area contributed by atoms with Crippen molar-refractivity contribution < 1.29 is 4.79 Å². The minimum absolute atomic E-state index is 0. The van der Waals surface area contributed by atoms with Crippen LogP contribution < -0.4 is 10.6 Å². The normalized spacial score (nSPS) is 19.6. The number of rotatable bonds is 7. The third-order valence-electron chi connectivity index (χ3n) is 4.98. The first-order valence-corrected chi connectivity index (χ1v) is 9.75. The van der Waals surface area contributed by atoms with E-state index in [1.807, 2.05) is 4.90 Å². The van der Waals surface area contributed by atoms with Gasteiger partial charge in [-0.3, -0.25) is 4.79 Å². The van der Waals surface area contributed by atoms with Crippen LogP contribution in [0, 0.1) is 5.92 Å². The number of nitrogens with one attached hydrogen (secondary N) is 2. The zero-order valence-electron chi connectivity index (χ0n) is 15.9. The van der Waals surface area contributed by atoms with Crippen LogP contribution >= 0.6 is 24.0 Å². The molecule has 0 saturated carbocycles. The first-order valence-electron chi connectivity index (χ1n) is 9.75. The molecule has 0 unspecified atom stereocenters. The largest absolute Gasteiger partial charge is 0.357 e. The lowest BCUT2D eigenvalue weighted by Gasteiger charge is -2.32. The van der Waals surface area contributed by atoms with Crippen LogP contribution in [0.2, 0.25) is 0 Å². The molecule has 1 amide bonds. The zero-order valence-corrected chi connectivity index (χ0v) is 18.3. The van der Waals surface area contributed by atoms with Crippen molar-refractivity contribution in [3.05, 3.63) is 0 Å². The summed E-state index contributed by atoms with van der Waals surface area (Å²) < 4.78 is 0. The minimum Gasteiger partial charge on any atom is -0.357 e. The van der Waals surface area contributed by atoms with Gasteiger partial charge in [0.15, 0.2) is 5.96 Å². The topological polar surface area (TPSA) is 60.0 Å². The molecule has 0 aromatic heterocycles. The Bertz CT molecular complexity index is 404. The summed E-state index contributed by atoms with van der Waals surface area (Å²) in [4.78, 5) is 21.1. The van der Waals surface area contributed by atoms with Crippen LogP contribution in [0.4, 0.5) is 0 Å². The number of guanidine groups is 1. The van der Waals surface area contributed by atoms with Gasteiger partial charge in [-0.2, -0.15) is 0 Å². The summed E-state index contributed by atoms with van der Waals surface area (Å²) in [6, 6.07) is 0. The maximum Gasteiger partial charge on any atom is 0.244 e. The Hall–Kier alpha value is -0.570. The van der Waals surface area contributed by atoms with Crippen molar-refractivity contribution in [2.24, 2.45) is 10.9 Å². The van der Waals surface area contributed by atoms with Gasteiger partial charge in [0.05, 0.1) is 0 Å². The number of piperidine rings is 1. The second-order valence-electron chi connectivity index (χ2n) is 6.95. The fourth-order valence-corrected chi connectivity index (χ4v) is 3.53. The van der Waals surface area contributed by atoms with Gasteiger partial charge < -0.3 is 20.4 Å². The number of carbonyl (C=O) groups is 1. The van der Waals surface area contributed by atoms with Crippen LogP contribution in [-0.4, -0.2) is 74.0 Å². The number of nitrogens with zero attached hydrogens (tertiary/aromatic N) is 3. The zero-order chi connectivity index (χ0) is 17.2. The molecule has 0 bridgehead atoms. The number of halogens is 1. The second-order valence-corrected chi connectivity index (χ2v) is 6.95. The molecule has 2 aliphatic rings. The Kier molecular flexibility index (Phi) is 11.4. The van der Waals surface area contributed by atoms with Crippen molar-refractivity contribution in [1.82, 2.24) is 20.4 Å². The van der Waals surface area contributed by atoms with E-state index in [1.165, 1.54) is 38.9 Å².